The average Bonchev–Trinajstić information content (AvgIpc) is 2.81. The van der Waals surface area contributed by atoms with Gasteiger partial charge in [0.15, 0.2) is 0 Å². The second-order valence-electron chi connectivity index (χ2n) is 5.27. The topological polar surface area (TPSA) is 72.4 Å². The Balaban J connectivity index is 2.12. The molecule has 1 aromatic heterocycles. The van der Waals surface area contributed by atoms with Crippen LogP contribution in [0, 0.1) is 0 Å². The number of nitrogens with zero attached hydrogens (tertiary/aromatic N) is 4. The van der Waals surface area contributed by atoms with Crippen molar-refractivity contribution in [2.45, 2.75) is 38.7 Å². The van der Waals surface area contributed by atoms with Crippen molar-refractivity contribution in [1.29, 1.82) is 0 Å². The molecular weight excluding hydrogens is 270 g/mol. The summed E-state index contributed by atoms with van der Waals surface area (Å²) >= 11 is 0. The first kappa shape index (κ1) is 15.8. The second-order valence-corrected chi connectivity index (χ2v) is 5.27. The molecule has 0 aromatic carbocycles. The number of aromatic nitrogens is 3. The van der Waals surface area contributed by atoms with Gasteiger partial charge in [-0.2, -0.15) is 15.0 Å². The van der Waals surface area contributed by atoms with Crippen molar-refractivity contribution in [3.63, 3.8) is 0 Å². The lowest BCUT2D eigenvalue weighted by atomic mass is 10.2. The molecule has 1 aliphatic rings. The maximum absolute atomic E-state index is 5.22. The van der Waals surface area contributed by atoms with Gasteiger partial charge in [-0.1, -0.05) is 12.8 Å². The molecule has 1 N–H and O–H groups in total. The van der Waals surface area contributed by atoms with Gasteiger partial charge in [0, 0.05) is 26.7 Å². The zero-order valence-electron chi connectivity index (χ0n) is 13.1. The lowest BCUT2D eigenvalue weighted by Gasteiger charge is -2.21. The van der Waals surface area contributed by atoms with Crippen molar-refractivity contribution in [3.8, 4) is 6.01 Å². The molecule has 1 saturated heterocycles. The van der Waals surface area contributed by atoms with E-state index in [0.29, 0.717) is 24.5 Å². The number of rotatable bonds is 6. The third-order valence-corrected chi connectivity index (χ3v) is 3.62. The number of nitrogens with one attached hydrogen (secondary N) is 1. The molecule has 0 bridgehead atoms. The van der Waals surface area contributed by atoms with Gasteiger partial charge in [0.2, 0.25) is 11.9 Å². The van der Waals surface area contributed by atoms with Gasteiger partial charge in [0.1, 0.15) is 0 Å². The summed E-state index contributed by atoms with van der Waals surface area (Å²) in [6, 6.07) is 0.344. The van der Waals surface area contributed by atoms with E-state index < -0.39 is 0 Å². The van der Waals surface area contributed by atoms with Crippen LogP contribution in [0.2, 0.25) is 0 Å². The molecule has 0 radical (unpaired) electrons. The van der Waals surface area contributed by atoms with Crippen LogP contribution in [0.3, 0.4) is 0 Å². The van der Waals surface area contributed by atoms with Gasteiger partial charge < -0.3 is 19.7 Å². The Hall–Kier alpha value is -1.63. The molecule has 1 fully saturated rings. The van der Waals surface area contributed by atoms with Crippen molar-refractivity contribution in [2.75, 3.05) is 44.1 Å². The minimum atomic E-state index is 0.0920. The fourth-order valence-corrected chi connectivity index (χ4v) is 2.25. The first-order valence-corrected chi connectivity index (χ1v) is 7.54. The van der Waals surface area contributed by atoms with E-state index in [-0.39, 0.29) is 6.10 Å². The summed E-state index contributed by atoms with van der Waals surface area (Å²) in [7, 11) is 3.26. The predicted octanol–water partition coefficient (Wildman–Crippen LogP) is 1.71. The lowest BCUT2D eigenvalue weighted by molar-refractivity contribution is 0.128. The molecule has 0 saturated carbocycles. The fourth-order valence-electron chi connectivity index (χ4n) is 2.25. The molecular formula is C14H25N5O2. The van der Waals surface area contributed by atoms with E-state index in [1.54, 1.807) is 14.2 Å². The van der Waals surface area contributed by atoms with Crippen LogP contribution in [0.15, 0.2) is 0 Å². The first-order chi connectivity index (χ1) is 10.2. The third-order valence-electron chi connectivity index (χ3n) is 3.62. The fraction of sp³-hybridized carbons (Fsp3) is 0.786. The van der Waals surface area contributed by atoms with E-state index in [4.69, 9.17) is 9.47 Å². The summed E-state index contributed by atoms with van der Waals surface area (Å²) in [6.07, 6.45) is 4.99. The molecule has 2 heterocycles. The van der Waals surface area contributed by atoms with Crippen LogP contribution in [0.5, 0.6) is 6.01 Å². The highest BCUT2D eigenvalue weighted by Crippen LogP contribution is 2.19. The number of methoxy groups -OCH3 is 2. The summed E-state index contributed by atoms with van der Waals surface area (Å²) < 4.78 is 10.4. The highest BCUT2D eigenvalue weighted by molar-refractivity contribution is 5.38. The van der Waals surface area contributed by atoms with Crippen LogP contribution < -0.4 is 15.0 Å². The van der Waals surface area contributed by atoms with Gasteiger partial charge in [-0.15, -0.1) is 0 Å². The minimum Gasteiger partial charge on any atom is -0.467 e. The van der Waals surface area contributed by atoms with Crippen LogP contribution in [-0.4, -0.2) is 54.9 Å². The Morgan fingerprint density at radius 3 is 2.43 bits per heavy atom. The minimum absolute atomic E-state index is 0.0920. The van der Waals surface area contributed by atoms with Gasteiger partial charge >= 0.3 is 6.01 Å². The number of anilines is 2. The maximum Gasteiger partial charge on any atom is 0.322 e. The van der Waals surface area contributed by atoms with Gasteiger partial charge in [-0.3, -0.25) is 0 Å². The van der Waals surface area contributed by atoms with Crippen molar-refractivity contribution in [1.82, 2.24) is 15.0 Å². The van der Waals surface area contributed by atoms with Gasteiger partial charge in [0.25, 0.3) is 0 Å². The SMILES string of the molecule is COc1nc(NCC(C)OC)nc(N2CCCCCC2)n1. The van der Waals surface area contributed by atoms with Crippen LogP contribution >= 0.6 is 0 Å². The Kier molecular flexibility index (Phi) is 5.98. The van der Waals surface area contributed by atoms with E-state index in [1.165, 1.54) is 25.7 Å². The first-order valence-electron chi connectivity index (χ1n) is 7.54. The predicted molar refractivity (Wildman–Crippen MR) is 82.0 cm³/mol. The monoisotopic (exact) mass is 295 g/mol. The van der Waals surface area contributed by atoms with Crippen molar-refractivity contribution < 1.29 is 9.47 Å². The average molecular weight is 295 g/mol. The zero-order valence-corrected chi connectivity index (χ0v) is 13.1. The quantitative estimate of drug-likeness (QED) is 0.856. The molecule has 1 atom stereocenters. The van der Waals surface area contributed by atoms with E-state index in [1.807, 2.05) is 6.92 Å². The number of ether oxygens (including phenoxy) is 2. The van der Waals surface area contributed by atoms with E-state index in [0.717, 1.165) is 13.1 Å². The highest BCUT2D eigenvalue weighted by Gasteiger charge is 2.16. The number of hydrogen-bond donors (Lipinski definition) is 1. The molecule has 118 valence electrons. The zero-order chi connectivity index (χ0) is 15.1. The van der Waals surface area contributed by atoms with Crippen LogP contribution in [-0.2, 0) is 4.74 Å². The molecule has 7 nitrogen and oxygen atoms in total. The Labute approximate surface area is 126 Å². The van der Waals surface area contributed by atoms with Crippen LogP contribution in [0.4, 0.5) is 11.9 Å². The Bertz CT molecular complexity index is 435. The lowest BCUT2D eigenvalue weighted by Crippen LogP contribution is -2.27. The molecule has 21 heavy (non-hydrogen) atoms. The van der Waals surface area contributed by atoms with Crippen LogP contribution in [0.1, 0.15) is 32.6 Å². The molecule has 1 aliphatic heterocycles. The van der Waals surface area contributed by atoms with Crippen molar-refractivity contribution >= 4 is 11.9 Å². The summed E-state index contributed by atoms with van der Waals surface area (Å²) in [5, 5.41) is 3.17. The summed E-state index contributed by atoms with van der Waals surface area (Å²) in [4.78, 5) is 15.3. The number of hydrogen-bond acceptors (Lipinski definition) is 7. The van der Waals surface area contributed by atoms with Crippen molar-refractivity contribution in [3.05, 3.63) is 0 Å². The molecule has 1 aromatic rings. The summed E-state index contributed by atoms with van der Waals surface area (Å²) in [5.74, 6) is 1.22. The largest absolute Gasteiger partial charge is 0.467 e. The molecule has 0 spiro atoms. The normalized spacial score (nSPS) is 17.2. The van der Waals surface area contributed by atoms with Gasteiger partial charge in [0.05, 0.1) is 13.2 Å². The molecule has 7 heteroatoms. The molecule has 2 rings (SSSR count). The Morgan fingerprint density at radius 1 is 1.10 bits per heavy atom. The van der Waals surface area contributed by atoms with E-state index in [2.05, 4.69) is 25.2 Å². The standard InChI is InChI=1S/C14H25N5O2/c1-11(20-2)10-15-12-16-13(18-14(17-12)21-3)19-8-6-4-5-7-9-19/h11H,4-10H2,1-3H3,(H,15,16,17,18). The molecule has 1 unspecified atom stereocenters. The maximum atomic E-state index is 5.22. The van der Waals surface area contributed by atoms with Gasteiger partial charge in [-0.25, -0.2) is 0 Å². The smallest absolute Gasteiger partial charge is 0.322 e. The molecule has 0 aliphatic carbocycles. The second kappa shape index (κ2) is 7.97. The van der Waals surface area contributed by atoms with E-state index in [9.17, 15) is 0 Å². The molecule has 0 amide bonds. The van der Waals surface area contributed by atoms with Crippen molar-refractivity contribution in [2.24, 2.45) is 0 Å². The van der Waals surface area contributed by atoms with Crippen LogP contribution in [0.25, 0.3) is 0 Å². The van der Waals surface area contributed by atoms with E-state index >= 15 is 0 Å². The Morgan fingerprint density at radius 2 is 1.81 bits per heavy atom. The third kappa shape index (κ3) is 4.70. The van der Waals surface area contributed by atoms with Gasteiger partial charge in [-0.05, 0) is 19.8 Å². The summed E-state index contributed by atoms with van der Waals surface area (Å²) in [5.41, 5.74) is 0. The highest BCUT2D eigenvalue weighted by atomic mass is 16.5. The summed E-state index contributed by atoms with van der Waals surface area (Å²) in [6.45, 7) is 4.60.